The fraction of sp³-hybridized carbons (Fsp3) is 0.500. The van der Waals surface area contributed by atoms with E-state index in [1.165, 1.54) is 6.07 Å². The Labute approximate surface area is 101 Å². The summed E-state index contributed by atoms with van der Waals surface area (Å²) in [6, 6.07) is 6.65. The summed E-state index contributed by atoms with van der Waals surface area (Å²) < 4.78 is 0. The lowest BCUT2D eigenvalue weighted by atomic mass is 9.92. The first-order chi connectivity index (χ1) is 8.08. The Balaban J connectivity index is 3.05. The molecule has 0 radical (unpaired) electrons. The van der Waals surface area contributed by atoms with Crippen LogP contribution in [0.3, 0.4) is 0 Å². The molecule has 0 heterocycles. The molecule has 3 N–H and O–H groups in total. The number of rotatable bonds is 6. The van der Waals surface area contributed by atoms with Crippen molar-refractivity contribution in [1.29, 1.82) is 0 Å². The third kappa shape index (κ3) is 2.94. The molecule has 5 nitrogen and oxygen atoms in total. The van der Waals surface area contributed by atoms with Crippen LogP contribution in [0.15, 0.2) is 24.3 Å². The molecule has 0 aliphatic heterocycles. The first-order valence-electron chi connectivity index (χ1n) is 5.80. The maximum Gasteiger partial charge on any atom is 0.292 e. The standard InChI is InChI=1S/C12H19N3O2/c1-3-12(4-2,9-13)14-10-7-5-6-8-11(10)15(16)17/h5-8,14H,3-4,9,13H2,1-2H3. The SMILES string of the molecule is CCC(CC)(CN)Nc1ccccc1[N+](=O)[O-]. The topological polar surface area (TPSA) is 81.2 Å². The molecule has 0 bridgehead atoms. The van der Waals surface area contributed by atoms with Crippen molar-refractivity contribution in [2.24, 2.45) is 5.73 Å². The van der Waals surface area contributed by atoms with Gasteiger partial charge in [-0.2, -0.15) is 0 Å². The number of nitro groups is 1. The zero-order valence-electron chi connectivity index (χ0n) is 10.3. The van der Waals surface area contributed by atoms with Gasteiger partial charge in [-0.15, -0.1) is 0 Å². The molecule has 0 atom stereocenters. The lowest BCUT2D eigenvalue weighted by Gasteiger charge is -2.32. The van der Waals surface area contributed by atoms with E-state index in [1.54, 1.807) is 18.2 Å². The fourth-order valence-electron chi connectivity index (χ4n) is 1.79. The molecule has 0 aromatic heterocycles. The van der Waals surface area contributed by atoms with Gasteiger partial charge in [-0.05, 0) is 18.9 Å². The number of nitro benzene ring substituents is 1. The molecule has 5 heteroatoms. The Hall–Kier alpha value is -1.62. The molecule has 1 aromatic carbocycles. The molecular formula is C12H19N3O2. The van der Waals surface area contributed by atoms with E-state index in [4.69, 9.17) is 5.73 Å². The van der Waals surface area contributed by atoms with Crippen molar-refractivity contribution in [3.63, 3.8) is 0 Å². The molecule has 0 fully saturated rings. The van der Waals surface area contributed by atoms with E-state index in [0.29, 0.717) is 12.2 Å². The largest absolute Gasteiger partial charge is 0.373 e. The van der Waals surface area contributed by atoms with Crippen molar-refractivity contribution >= 4 is 11.4 Å². The Bertz CT molecular complexity index is 381. The Morgan fingerprint density at radius 1 is 1.35 bits per heavy atom. The number of nitrogens with one attached hydrogen (secondary N) is 1. The number of hydrogen-bond donors (Lipinski definition) is 2. The summed E-state index contributed by atoms with van der Waals surface area (Å²) >= 11 is 0. The minimum absolute atomic E-state index is 0.0900. The summed E-state index contributed by atoms with van der Waals surface area (Å²) in [6.07, 6.45) is 1.65. The van der Waals surface area contributed by atoms with Gasteiger partial charge in [-0.1, -0.05) is 26.0 Å². The molecule has 0 amide bonds. The second kappa shape index (κ2) is 5.63. The van der Waals surface area contributed by atoms with Gasteiger partial charge < -0.3 is 11.1 Å². The molecule has 17 heavy (non-hydrogen) atoms. The second-order valence-corrected chi connectivity index (χ2v) is 4.09. The van der Waals surface area contributed by atoms with Crippen LogP contribution in [0.5, 0.6) is 0 Å². The van der Waals surface area contributed by atoms with Crippen LogP contribution in [-0.2, 0) is 0 Å². The Morgan fingerprint density at radius 2 is 1.94 bits per heavy atom. The van der Waals surface area contributed by atoms with E-state index < -0.39 is 0 Å². The van der Waals surface area contributed by atoms with Gasteiger partial charge in [0.1, 0.15) is 5.69 Å². The molecule has 0 aliphatic carbocycles. The van der Waals surface area contributed by atoms with Gasteiger partial charge in [0.2, 0.25) is 0 Å². The molecule has 0 saturated carbocycles. The predicted molar refractivity (Wildman–Crippen MR) is 69.1 cm³/mol. The van der Waals surface area contributed by atoms with Crippen molar-refractivity contribution < 1.29 is 4.92 Å². The van der Waals surface area contributed by atoms with Crippen LogP contribution in [-0.4, -0.2) is 17.0 Å². The first-order valence-corrected chi connectivity index (χ1v) is 5.80. The maximum atomic E-state index is 10.9. The molecule has 1 rings (SSSR count). The molecule has 0 saturated heterocycles. The smallest absolute Gasteiger partial charge is 0.292 e. The van der Waals surface area contributed by atoms with Gasteiger partial charge in [-0.25, -0.2) is 0 Å². The summed E-state index contributed by atoms with van der Waals surface area (Å²) in [7, 11) is 0. The number of nitrogens with zero attached hydrogens (tertiary/aromatic N) is 1. The summed E-state index contributed by atoms with van der Waals surface area (Å²) in [5, 5.41) is 14.1. The minimum atomic E-state index is -0.380. The monoisotopic (exact) mass is 237 g/mol. The Morgan fingerprint density at radius 3 is 2.41 bits per heavy atom. The number of benzene rings is 1. The Kier molecular flexibility index (Phi) is 4.45. The zero-order valence-corrected chi connectivity index (χ0v) is 10.3. The lowest BCUT2D eigenvalue weighted by molar-refractivity contribution is -0.384. The van der Waals surface area contributed by atoms with Gasteiger partial charge in [0.25, 0.3) is 5.69 Å². The average Bonchev–Trinajstić information content (AvgIpc) is 2.36. The van der Waals surface area contributed by atoms with E-state index in [-0.39, 0.29) is 16.1 Å². The molecule has 94 valence electrons. The van der Waals surface area contributed by atoms with Crippen LogP contribution in [0.25, 0.3) is 0 Å². The van der Waals surface area contributed by atoms with Crippen LogP contribution in [0.1, 0.15) is 26.7 Å². The second-order valence-electron chi connectivity index (χ2n) is 4.09. The van der Waals surface area contributed by atoms with Gasteiger partial charge >= 0.3 is 0 Å². The van der Waals surface area contributed by atoms with Gasteiger partial charge in [0, 0.05) is 18.2 Å². The van der Waals surface area contributed by atoms with E-state index in [2.05, 4.69) is 5.32 Å². The highest BCUT2D eigenvalue weighted by molar-refractivity contribution is 5.62. The average molecular weight is 237 g/mol. The van der Waals surface area contributed by atoms with Crippen LogP contribution in [0.4, 0.5) is 11.4 Å². The van der Waals surface area contributed by atoms with Gasteiger partial charge in [0.05, 0.1) is 4.92 Å². The molecule has 0 spiro atoms. The summed E-state index contributed by atoms with van der Waals surface area (Å²) in [6.45, 7) is 4.50. The van der Waals surface area contributed by atoms with E-state index in [9.17, 15) is 10.1 Å². The van der Waals surface area contributed by atoms with Gasteiger partial charge in [0.15, 0.2) is 0 Å². The van der Waals surface area contributed by atoms with E-state index >= 15 is 0 Å². The quantitative estimate of drug-likeness (QED) is 0.588. The number of nitrogens with two attached hydrogens (primary N) is 1. The number of para-hydroxylation sites is 2. The van der Waals surface area contributed by atoms with Crippen LogP contribution >= 0.6 is 0 Å². The zero-order chi connectivity index (χ0) is 12.9. The summed E-state index contributed by atoms with van der Waals surface area (Å²) in [5.41, 5.74) is 6.12. The van der Waals surface area contributed by atoms with E-state index in [1.807, 2.05) is 13.8 Å². The van der Waals surface area contributed by atoms with Crippen molar-refractivity contribution in [3.05, 3.63) is 34.4 Å². The van der Waals surface area contributed by atoms with Crippen molar-refractivity contribution in [2.75, 3.05) is 11.9 Å². The fourth-order valence-corrected chi connectivity index (χ4v) is 1.79. The van der Waals surface area contributed by atoms with Crippen LogP contribution in [0.2, 0.25) is 0 Å². The predicted octanol–water partition coefficient (Wildman–Crippen LogP) is 2.52. The molecule has 0 unspecified atom stereocenters. The van der Waals surface area contributed by atoms with Crippen LogP contribution < -0.4 is 11.1 Å². The highest BCUT2D eigenvalue weighted by atomic mass is 16.6. The van der Waals surface area contributed by atoms with Gasteiger partial charge in [-0.3, -0.25) is 10.1 Å². The lowest BCUT2D eigenvalue weighted by Crippen LogP contribution is -2.44. The summed E-state index contributed by atoms with van der Waals surface area (Å²) in [5.74, 6) is 0. The van der Waals surface area contributed by atoms with Crippen molar-refractivity contribution in [3.8, 4) is 0 Å². The third-order valence-electron chi connectivity index (χ3n) is 3.24. The maximum absolute atomic E-state index is 10.9. The molecular weight excluding hydrogens is 218 g/mol. The third-order valence-corrected chi connectivity index (χ3v) is 3.24. The van der Waals surface area contributed by atoms with Crippen molar-refractivity contribution in [2.45, 2.75) is 32.2 Å². The highest BCUT2D eigenvalue weighted by Gasteiger charge is 2.26. The number of hydrogen-bond acceptors (Lipinski definition) is 4. The molecule has 0 aliphatic rings. The van der Waals surface area contributed by atoms with Crippen molar-refractivity contribution in [1.82, 2.24) is 0 Å². The highest BCUT2D eigenvalue weighted by Crippen LogP contribution is 2.28. The first kappa shape index (κ1) is 13.4. The van der Waals surface area contributed by atoms with E-state index in [0.717, 1.165) is 12.8 Å². The molecule has 1 aromatic rings. The minimum Gasteiger partial charge on any atom is -0.373 e. The summed E-state index contributed by atoms with van der Waals surface area (Å²) in [4.78, 5) is 10.5. The normalized spacial score (nSPS) is 11.2. The van der Waals surface area contributed by atoms with Crippen LogP contribution in [0, 0.1) is 10.1 Å². The number of anilines is 1.